The molecule has 2 aromatic carbocycles. The Bertz CT molecular complexity index is 544. The van der Waals surface area contributed by atoms with Crippen LogP contribution in [0, 0.1) is 5.82 Å². The minimum absolute atomic E-state index is 0.317. The monoisotopic (exact) mass is 228 g/mol. The average Bonchev–Trinajstić information content (AvgIpc) is 2.67. The molecule has 1 atom stereocenters. The van der Waals surface area contributed by atoms with Crippen molar-refractivity contribution < 1.29 is 14.1 Å². The van der Waals surface area contributed by atoms with Crippen LogP contribution in [0.15, 0.2) is 48.5 Å². The van der Waals surface area contributed by atoms with Gasteiger partial charge in [0.2, 0.25) is 0 Å². The van der Waals surface area contributed by atoms with Crippen molar-refractivity contribution in [3.63, 3.8) is 0 Å². The molecule has 0 aliphatic carbocycles. The number of fused-ring (bicyclic) bond motifs is 1. The number of rotatable bonds is 1. The second-order valence-electron chi connectivity index (χ2n) is 4.05. The molecule has 1 N–H and O–H groups in total. The minimum Gasteiger partial charge on any atom is -0.423 e. The highest BCUT2D eigenvalue weighted by Gasteiger charge is 2.35. The molecule has 1 heterocycles. The van der Waals surface area contributed by atoms with Gasteiger partial charge in [-0.3, -0.25) is 0 Å². The predicted octanol–water partition coefficient (Wildman–Crippen LogP) is 1.63. The molecular formula is C13H10BFO2. The largest absolute Gasteiger partial charge is 0.492 e. The van der Waals surface area contributed by atoms with Gasteiger partial charge in [0.15, 0.2) is 0 Å². The molecule has 1 unspecified atom stereocenters. The fourth-order valence-corrected chi connectivity index (χ4v) is 2.16. The highest BCUT2D eigenvalue weighted by Crippen LogP contribution is 2.30. The molecule has 17 heavy (non-hydrogen) atoms. The third-order valence-corrected chi connectivity index (χ3v) is 2.96. The van der Waals surface area contributed by atoms with Crippen LogP contribution in [-0.2, 0) is 4.65 Å². The molecule has 3 rings (SSSR count). The number of hydrogen-bond donors (Lipinski definition) is 1. The Kier molecular flexibility index (Phi) is 2.46. The van der Waals surface area contributed by atoms with E-state index >= 15 is 0 Å². The highest BCUT2D eigenvalue weighted by atomic mass is 19.1. The molecular weight excluding hydrogens is 218 g/mol. The van der Waals surface area contributed by atoms with Gasteiger partial charge in [-0.25, -0.2) is 4.39 Å². The highest BCUT2D eigenvalue weighted by molar-refractivity contribution is 6.61. The van der Waals surface area contributed by atoms with Gasteiger partial charge in [-0.2, -0.15) is 0 Å². The minimum atomic E-state index is -0.976. The van der Waals surface area contributed by atoms with E-state index < -0.39 is 13.2 Å². The molecule has 0 fully saturated rings. The van der Waals surface area contributed by atoms with E-state index in [4.69, 9.17) is 4.65 Å². The van der Waals surface area contributed by atoms with Gasteiger partial charge < -0.3 is 9.68 Å². The van der Waals surface area contributed by atoms with Crippen molar-refractivity contribution in [2.24, 2.45) is 0 Å². The Morgan fingerprint density at radius 2 is 1.88 bits per heavy atom. The van der Waals surface area contributed by atoms with Gasteiger partial charge in [0.25, 0.3) is 0 Å². The summed E-state index contributed by atoms with van der Waals surface area (Å²) in [6.45, 7) is 0. The maximum Gasteiger partial charge on any atom is 0.492 e. The molecule has 0 saturated carbocycles. The van der Waals surface area contributed by atoms with Crippen molar-refractivity contribution >= 4 is 12.6 Å². The maximum absolute atomic E-state index is 13.2. The molecule has 0 aromatic heterocycles. The summed E-state index contributed by atoms with van der Waals surface area (Å²) in [6.07, 6.45) is -0.392. The summed E-state index contributed by atoms with van der Waals surface area (Å²) in [6, 6.07) is 13.8. The lowest BCUT2D eigenvalue weighted by Gasteiger charge is -2.12. The van der Waals surface area contributed by atoms with Gasteiger partial charge in [-0.15, -0.1) is 0 Å². The van der Waals surface area contributed by atoms with Crippen LogP contribution in [-0.4, -0.2) is 12.1 Å². The first kappa shape index (κ1) is 10.5. The van der Waals surface area contributed by atoms with Crippen LogP contribution in [0.25, 0.3) is 0 Å². The van der Waals surface area contributed by atoms with E-state index in [0.717, 1.165) is 5.56 Å². The first-order valence-corrected chi connectivity index (χ1v) is 5.43. The first-order valence-electron chi connectivity index (χ1n) is 5.43. The molecule has 0 bridgehead atoms. The fraction of sp³-hybridized carbons (Fsp3) is 0.0769. The zero-order chi connectivity index (χ0) is 11.8. The topological polar surface area (TPSA) is 29.5 Å². The third-order valence-electron chi connectivity index (χ3n) is 2.96. The van der Waals surface area contributed by atoms with Crippen LogP contribution >= 0.6 is 0 Å². The zero-order valence-electron chi connectivity index (χ0n) is 9.01. The molecule has 0 spiro atoms. The van der Waals surface area contributed by atoms with Gasteiger partial charge in [0.05, 0.1) is 6.10 Å². The van der Waals surface area contributed by atoms with Crippen molar-refractivity contribution in [1.29, 1.82) is 0 Å². The molecule has 2 nitrogen and oxygen atoms in total. The average molecular weight is 228 g/mol. The van der Waals surface area contributed by atoms with Gasteiger partial charge in [-0.05, 0) is 28.7 Å². The molecule has 1 aliphatic heterocycles. The lowest BCUT2D eigenvalue weighted by molar-refractivity contribution is 0.226. The molecule has 0 amide bonds. The van der Waals surface area contributed by atoms with Crippen LogP contribution in [0.4, 0.5) is 4.39 Å². The van der Waals surface area contributed by atoms with Crippen LogP contribution in [0.1, 0.15) is 17.2 Å². The standard InChI is InChI=1S/C13H10BFO2/c15-10-6-7-12-11(8-10)13(17-14(12)16)9-4-2-1-3-5-9/h1-8,13,16H. The zero-order valence-corrected chi connectivity index (χ0v) is 9.01. The smallest absolute Gasteiger partial charge is 0.423 e. The summed E-state index contributed by atoms with van der Waals surface area (Å²) in [5.41, 5.74) is 2.25. The van der Waals surface area contributed by atoms with Crippen molar-refractivity contribution in [2.45, 2.75) is 6.10 Å². The van der Waals surface area contributed by atoms with E-state index in [1.807, 2.05) is 30.3 Å². The van der Waals surface area contributed by atoms with Crippen molar-refractivity contribution in [3.05, 3.63) is 65.5 Å². The summed E-state index contributed by atoms with van der Waals surface area (Å²) in [5, 5.41) is 9.76. The Labute approximate surface area is 98.8 Å². The normalized spacial score (nSPS) is 18.2. The van der Waals surface area contributed by atoms with Gasteiger partial charge >= 0.3 is 7.12 Å². The summed E-state index contributed by atoms with van der Waals surface area (Å²) < 4.78 is 18.7. The predicted molar refractivity (Wildman–Crippen MR) is 63.4 cm³/mol. The second-order valence-corrected chi connectivity index (χ2v) is 4.05. The first-order chi connectivity index (χ1) is 8.25. The third kappa shape index (κ3) is 1.75. The molecule has 1 aliphatic rings. The Morgan fingerprint density at radius 1 is 1.12 bits per heavy atom. The van der Waals surface area contributed by atoms with Crippen LogP contribution in [0.5, 0.6) is 0 Å². The van der Waals surface area contributed by atoms with E-state index in [9.17, 15) is 9.41 Å². The Balaban J connectivity index is 2.09. The molecule has 0 radical (unpaired) electrons. The van der Waals surface area contributed by atoms with E-state index in [1.54, 1.807) is 6.07 Å². The summed E-state index contributed by atoms with van der Waals surface area (Å²) in [4.78, 5) is 0. The Morgan fingerprint density at radius 3 is 2.65 bits per heavy atom. The maximum atomic E-state index is 13.2. The van der Waals surface area contributed by atoms with Crippen molar-refractivity contribution in [1.82, 2.24) is 0 Å². The molecule has 4 heteroatoms. The lowest BCUT2D eigenvalue weighted by atomic mass is 9.79. The summed E-state index contributed by atoms with van der Waals surface area (Å²) in [7, 11) is -0.976. The van der Waals surface area contributed by atoms with E-state index in [1.165, 1.54) is 12.1 Å². The van der Waals surface area contributed by atoms with Crippen molar-refractivity contribution in [2.75, 3.05) is 0 Å². The van der Waals surface area contributed by atoms with Crippen molar-refractivity contribution in [3.8, 4) is 0 Å². The second kappa shape index (κ2) is 3.98. The summed E-state index contributed by atoms with van der Waals surface area (Å²) in [5.74, 6) is -0.317. The SMILES string of the molecule is OB1OC(c2ccccc2)c2cc(F)ccc21. The number of hydrogen-bond acceptors (Lipinski definition) is 2. The lowest BCUT2D eigenvalue weighted by Crippen LogP contribution is -2.27. The van der Waals surface area contributed by atoms with Crippen LogP contribution in [0.2, 0.25) is 0 Å². The number of benzene rings is 2. The van der Waals surface area contributed by atoms with Crippen LogP contribution in [0.3, 0.4) is 0 Å². The molecule has 2 aromatic rings. The van der Waals surface area contributed by atoms with E-state index in [0.29, 0.717) is 11.0 Å². The number of halogens is 1. The molecule has 0 saturated heterocycles. The van der Waals surface area contributed by atoms with Gasteiger partial charge in [0.1, 0.15) is 5.82 Å². The van der Waals surface area contributed by atoms with E-state index in [2.05, 4.69) is 0 Å². The Hall–Kier alpha value is -1.65. The van der Waals surface area contributed by atoms with Gasteiger partial charge in [-0.1, -0.05) is 36.4 Å². The van der Waals surface area contributed by atoms with Gasteiger partial charge in [0, 0.05) is 0 Å². The molecule has 84 valence electrons. The fourth-order valence-electron chi connectivity index (χ4n) is 2.16. The summed E-state index contributed by atoms with van der Waals surface area (Å²) >= 11 is 0. The van der Waals surface area contributed by atoms with Crippen LogP contribution < -0.4 is 5.46 Å². The van der Waals surface area contributed by atoms with E-state index in [-0.39, 0.29) is 5.82 Å². The quantitative estimate of drug-likeness (QED) is 0.751.